The Kier molecular flexibility index (Phi) is 4.39. The highest BCUT2D eigenvalue weighted by Crippen LogP contribution is 2.12. The maximum Gasteiger partial charge on any atom is 0.222 e. The number of carbonyl (C=O) groups excluding carboxylic acids is 2. The normalized spacial score (nSPS) is 17.9. The Bertz CT molecular complexity index is 456. The number of methoxy groups -OCH3 is 1. The van der Waals surface area contributed by atoms with Crippen LogP contribution in [0.15, 0.2) is 24.3 Å². The first-order valence-corrected chi connectivity index (χ1v) is 6.36. The van der Waals surface area contributed by atoms with Gasteiger partial charge in [0.1, 0.15) is 5.75 Å². The van der Waals surface area contributed by atoms with Crippen molar-refractivity contribution in [3.63, 3.8) is 0 Å². The summed E-state index contributed by atoms with van der Waals surface area (Å²) in [5.74, 6) is 0.793. The standard InChI is InChI=1S/C14H18N2O3/c1-19-12-5-2-10(3-6-12)4-7-13(17)16-11-8-14(18)15-9-11/h2-3,5-6,11H,4,7-9H2,1H3,(H,15,18)(H,16,17)/t11-/m1/s1. The van der Waals surface area contributed by atoms with Gasteiger partial charge in [0.15, 0.2) is 0 Å². The van der Waals surface area contributed by atoms with E-state index < -0.39 is 0 Å². The summed E-state index contributed by atoms with van der Waals surface area (Å²) in [6, 6.07) is 7.61. The first-order chi connectivity index (χ1) is 9.17. The molecule has 0 aromatic heterocycles. The maximum atomic E-state index is 11.7. The van der Waals surface area contributed by atoms with E-state index in [1.54, 1.807) is 7.11 Å². The average Bonchev–Trinajstić information content (AvgIpc) is 2.82. The van der Waals surface area contributed by atoms with Gasteiger partial charge in [-0.05, 0) is 24.1 Å². The van der Waals surface area contributed by atoms with Crippen LogP contribution in [-0.4, -0.2) is 31.5 Å². The van der Waals surface area contributed by atoms with Crippen LogP contribution in [0.3, 0.4) is 0 Å². The summed E-state index contributed by atoms with van der Waals surface area (Å²) in [6.07, 6.45) is 1.50. The SMILES string of the molecule is COc1ccc(CCC(=O)N[C@H]2CNC(=O)C2)cc1. The minimum Gasteiger partial charge on any atom is -0.497 e. The fourth-order valence-electron chi connectivity index (χ4n) is 2.06. The van der Waals surface area contributed by atoms with Crippen LogP contribution in [0.5, 0.6) is 5.75 Å². The monoisotopic (exact) mass is 262 g/mol. The van der Waals surface area contributed by atoms with Gasteiger partial charge in [0, 0.05) is 19.4 Å². The Labute approximate surface area is 112 Å². The van der Waals surface area contributed by atoms with Crippen LogP contribution in [-0.2, 0) is 16.0 Å². The number of benzene rings is 1. The van der Waals surface area contributed by atoms with Gasteiger partial charge in [0.05, 0.1) is 13.2 Å². The van der Waals surface area contributed by atoms with Gasteiger partial charge in [0.2, 0.25) is 11.8 Å². The quantitative estimate of drug-likeness (QED) is 0.818. The Morgan fingerprint density at radius 3 is 2.74 bits per heavy atom. The molecular formula is C14H18N2O3. The number of hydrogen-bond donors (Lipinski definition) is 2. The third-order valence-corrected chi connectivity index (χ3v) is 3.14. The van der Waals surface area contributed by atoms with Crippen molar-refractivity contribution in [2.75, 3.05) is 13.7 Å². The van der Waals surface area contributed by atoms with Crippen LogP contribution >= 0.6 is 0 Å². The molecule has 0 unspecified atom stereocenters. The Balaban J connectivity index is 1.74. The smallest absolute Gasteiger partial charge is 0.222 e. The van der Waals surface area contributed by atoms with Crippen molar-refractivity contribution in [1.29, 1.82) is 0 Å². The van der Waals surface area contributed by atoms with E-state index in [0.29, 0.717) is 25.8 Å². The highest BCUT2D eigenvalue weighted by atomic mass is 16.5. The van der Waals surface area contributed by atoms with Crippen LogP contribution in [0.2, 0.25) is 0 Å². The molecule has 5 heteroatoms. The molecule has 102 valence electrons. The van der Waals surface area contributed by atoms with Crippen LogP contribution < -0.4 is 15.4 Å². The highest BCUT2D eigenvalue weighted by Gasteiger charge is 2.22. The molecule has 1 aliphatic heterocycles. The summed E-state index contributed by atoms with van der Waals surface area (Å²) >= 11 is 0. The molecule has 2 amide bonds. The largest absolute Gasteiger partial charge is 0.497 e. The van der Waals surface area contributed by atoms with Gasteiger partial charge in [-0.2, -0.15) is 0 Å². The van der Waals surface area contributed by atoms with Crippen LogP contribution in [0, 0.1) is 0 Å². The lowest BCUT2D eigenvalue weighted by Gasteiger charge is -2.10. The second-order valence-corrected chi connectivity index (χ2v) is 4.62. The number of aryl methyl sites for hydroxylation is 1. The zero-order valence-corrected chi connectivity index (χ0v) is 10.9. The molecule has 19 heavy (non-hydrogen) atoms. The van der Waals surface area contributed by atoms with Crippen molar-refractivity contribution in [3.8, 4) is 5.75 Å². The summed E-state index contributed by atoms with van der Waals surface area (Å²) < 4.78 is 5.08. The first kappa shape index (κ1) is 13.4. The molecule has 2 N–H and O–H groups in total. The number of rotatable bonds is 5. The van der Waals surface area contributed by atoms with Crippen molar-refractivity contribution in [3.05, 3.63) is 29.8 Å². The Morgan fingerprint density at radius 1 is 1.42 bits per heavy atom. The maximum absolute atomic E-state index is 11.7. The van der Waals surface area contributed by atoms with Gasteiger partial charge in [-0.25, -0.2) is 0 Å². The predicted octanol–water partition coefficient (Wildman–Crippen LogP) is 0.632. The van der Waals surface area contributed by atoms with Gasteiger partial charge in [0.25, 0.3) is 0 Å². The third-order valence-electron chi connectivity index (χ3n) is 3.14. The van der Waals surface area contributed by atoms with E-state index in [4.69, 9.17) is 4.74 Å². The fraction of sp³-hybridized carbons (Fsp3) is 0.429. The molecule has 2 rings (SSSR count). The van der Waals surface area contributed by atoms with Crippen molar-refractivity contribution < 1.29 is 14.3 Å². The lowest BCUT2D eigenvalue weighted by molar-refractivity contribution is -0.121. The molecule has 0 spiro atoms. The fourth-order valence-corrected chi connectivity index (χ4v) is 2.06. The Hall–Kier alpha value is -2.04. The van der Waals surface area contributed by atoms with Crippen molar-refractivity contribution >= 4 is 11.8 Å². The second kappa shape index (κ2) is 6.22. The molecule has 0 radical (unpaired) electrons. The minimum absolute atomic E-state index is 0.000421. The van der Waals surface area contributed by atoms with E-state index >= 15 is 0 Å². The molecule has 1 aromatic rings. The molecule has 0 bridgehead atoms. The van der Waals surface area contributed by atoms with Crippen molar-refractivity contribution in [2.45, 2.75) is 25.3 Å². The van der Waals surface area contributed by atoms with Gasteiger partial charge in [-0.15, -0.1) is 0 Å². The van der Waals surface area contributed by atoms with E-state index in [-0.39, 0.29) is 17.9 Å². The summed E-state index contributed by atoms with van der Waals surface area (Å²) in [5, 5.41) is 5.55. The number of hydrogen-bond acceptors (Lipinski definition) is 3. The zero-order chi connectivity index (χ0) is 13.7. The topological polar surface area (TPSA) is 67.4 Å². The Morgan fingerprint density at radius 2 is 2.16 bits per heavy atom. The van der Waals surface area contributed by atoms with Crippen molar-refractivity contribution in [1.82, 2.24) is 10.6 Å². The molecule has 1 fully saturated rings. The van der Waals surface area contributed by atoms with Crippen LogP contribution in [0.25, 0.3) is 0 Å². The molecular weight excluding hydrogens is 244 g/mol. The number of nitrogens with one attached hydrogen (secondary N) is 2. The van der Waals surface area contributed by atoms with Gasteiger partial charge >= 0.3 is 0 Å². The summed E-state index contributed by atoms with van der Waals surface area (Å²) in [5.41, 5.74) is 1.09. The zero-order valence-electron chi connectivity index (χ0n) is 10.9. The molecule has 0 saturated carbocycles. The van der Waals surface area contributed by atoms with E-state index in [2.05, 4.69) is 10.6 Å². The molecule has 1 aliphatic rings. The highest BCUT2D eigenvalue weighted by molar-refractivity contribution is 5.82. The summed E-state index contributed by atoms with van der Waals surface area (Å²) in [7, 11) is 1.62. The molecule has 0 aliphatic carbocycles. The number of amides is 2. The molecule has 1 heterocycles. The third kappa shape index (κ3) is 3.98. The van der Waals surface area contributed by atoms with E-state index in [1.165, 1.54) is 0 Å². The molecule has 5 nitrogen and oxygen atoms in total. The van der Waals surface area contributed by atoms with Crippen LogP contribution in [0.4, 0.5) is 0 Å². The lowest BCUT2D eigenvalue weighted by atomic mass is 10.1. The number of ether oxygens (including phenoxy) is 1. The second-order valence-electron chi connectivity index (χ2n) is 4.62. The van der Waals surface area contributed by atoms with Crippen molar-refractivity contribution in [2.24, 2.45) is 0 Å². The predicted molar refractivity (Wildman–Crippen MR) is 70.9 cm³/mol. The molecule has 1 saturated heterocycles. The van der Waals surface area contributed by atoms with E-state index in [0.717, 1.165) is 11.3 Å². The van der Waals surface area contributed by atoms with Gasteiger partial charge in [-0.1, -0.05) is 12.1 Å². The first-order valence-electron chi connectivity index (χ1n) is 6.36. The molecule has 1 atom stereocenters. The van der Waals surface area contributed by atoms with Gasteiger partial charge in [-0.3, -0.25) is 9.59 Å². The number of carbonyl (C=O) groups is 2. The molecule has 1 aromatic carbocycles. The minimum atomic E-state index is -0.0594. The average molecular weight is 262 g/mol. The summed E-state index contributed by atoms with van der Waals surface area (Å²) in [4.78, 5) is 22.7. The van der Waals surface area contributed by atoms with E-state index in [9.17, 15) is 9.59 Å². The lowest BCUT2D eigenvalue weighted by Crippen LogP contribution is -2.36. The summed E-state index contributed by atoms with van der Waals surface area (Å²) in [6.45, 7) is 0.535. The van der Waals surface area contributed by atoms with Crippen LogP contribution in [0.1, 0.15) is 18.4 Å². The van der Waals surface area contributed by atoms with Gasteiger partial charge < -0.3 is 15.4 Å². The van der Waals surface area contributed by atoms with E-state index in [1.807, 2.05) is 24.3 Å².